The van der Waals surface area contributed by atoms with Crippen LogP contribution in [-0.2, 0) is 75.1 Å². The molecule has 12 atom stereocenters. The summed E-state index contributed by atoms with van der Waals surface area (Å²) in [6.45, 7) is 12.3. The first-order chi connectivity index (χ1) is 60.0. The fourth-order valence-corrected chi connectivity index (χ4v) is 17.4. The lowest BCUT2D eigenvalue weighted by Crippen LogP contribution is -2.61. The van der Waals surface area contributed by atoms with Crippen LogP contribution in [0.3, 0.4) is 0 Å². The molecule has 6 rings (SSSR count). The first-order valence-corrected chi connectivity index (χ1v) is 46.4. The molecule has 1 aliphatic heterocycles. The van der Waals surface area contributed by atoms with Crippen LogP contribution in [0.1, 0.15) is 154 Å². The summed E-state index contributed by atoms with van der Waals surface area (Å²) in [5, 5.41) is 70.2. The SMILES string of the molecule is CC(C)CC(NC(=O)C(CCCCN)NC(=O)C(Cc1c[nH]c2ccccc12)NC(=O)C(CCCNC(=N)N)NC(=O)C(CCCCN)NC(=O)C(CC(C)C)NC(=O)C(NC(=O)C(CCCNC(=N)N)NC(=O)C(NC(=O)CCSSCCCOC(=O)Oc1ccc2nc(C3=NC(C(=O)O)CS3)sc2c1)C(C)O)C(C)C)C(=O)NC(Cc1ccccc1)C(N)=O. The van der Waals surface area contributed by atoms with Gasteiger partial charge in [-0.3, -0.25) is 68.6 Å². The predicted molar refractivity (Wildman–Crippen MR) is 486 cm³/mol. The summed E-state index contributed by atoms with van der Waals surface area (Å²) in [5.74, 6) is -10.5. The minimum atomic E-state index is -1.57. The van der Waals surface area contributed by atoms with Gasteiger partial charge in [0.05, 0.1) is 22.9 Å². The van der Waals surface area contributed by atoms with Crippen LogP contribution >= 0.6 is 44.7 Å². The van der Waals surface area contributed by atoms with Crippen molar-refractivity contribution in [3.63, 3.8) is 0 Å². The number of carbonyl (C=O) groups is 13. The Labute approximate surface area is 748 Å². The van der Waals surface area contributed by atoms with E-state index in [1.165, 1.54) is 51.6 Å². The Balaban J connectivity index is 1.12. The van der Waals surface area contributed by atoms with Gasteiger partial charge in [0.15, 0.2) is 18.0 Å². The zero-order valence-corrected chi connectivity index (χ0v) is 75.3. The number of nitrogens with two attached hydrogens (primary N) is 5. The average molecular weight is 1830 g/mol. The smallest absolute Gasteiger partial charge is 0.480 e. The summed E-state index contributed by atoms with van der Waals surface area (Å²) in [7, 11) is 2.73. The third kappa shape index (κ3) is 36.2. The fraction of sp³-hybridized carbons (Fsp3) is 0.554. The number of aliphatic hydroxyl groups excluding tert-OH is 1. The zero-order chi connectivity index (χ0) is 92.5. The van der Waals surface area contributed by atoms with Crippen LogP contribution in [0.5, 0.6) is 5.75 Å². The van der Waals surface area contributed by atoms with Gasteiger partial charge >= 0.3 is 12.1 Å². The van der Waals surface area contributed by atoms with E-state index in [-0.39, 0.29) is 145 Å². The number of carbonyl (C=O) groups excluding carboxylic acids is 12. The topological polar surface area (TPSA) is 644 Å². The minimum Gasteiger partial charge on any atom is -0.480 e. The second kappa shape index (κ2) is 54.2. The third-order valence-electron chi connectivity index (χ3n) is 19.8. The van der Waals surface area contributed by atoms with E-state index in [0.29, 0.717) is 73.9 Å². The highest BCUT2D eigenvalue weighted by Gasteiger charge is 2.39. The van der Waals surface area contributed by atoms with Gasteiger partial charge in [-0.15, -0.1) is 23.1 Å². The van der Waals surface area contributed by atoms with Gasteiger partial charge in [-0.1, -0.05) is 112 Å². The van der Waals surface area contributed by atoms with Crippen molar-refractivity contribution in [2.45, 2.75) is 224 Å². The van der Waals surface area contributed by atoms with Crippen LogP contribution < -0.4 is 97.2 Å². The van der Waals surface area contributed by atoms with Gasteiger partial charge in [0.1, 0.15) is 76.2 Å². The number of carboxylic acid groups (broad SMARTS) is 1. The molecule has 1 aliphatic rings. The maximum Gasteiger partial charge on any atom is 0.513 e. The summed E-state index contributed by atoms with van der Waals surface area (Å²) in [6.07, 6.45) is 1.02. The van der Waals surface area contributed by atoms with Crippen LogP contribution in [0.2, 0.25) is 0 Å². The molecule has 3 heterocycles. The predicted octanol–water partition coefficient (Wildman–Crippen LogP) is 2.13. The molecule has 0 bridgehead atoms. The molecule has 0 radical (unpaired) electrons. The number of hydrogen-bond donors (Lipinski definition) is 22. The van der Waals surface area contributed by atoms with Crippen LogP contribution in [-0.4, -0.2) is 237 Å². The van der Waals surface area contributed by atoms with Crippen molar-refractivity contribution in [2.24, 2.45) is 51.4 Å². The molecule has 126 heavy (non-hydrogen) atoms. The van der Waals surface area contributed by atoms with Crippen molar-refractivity contribution >= 4 is 160 Å². The Bertz CT molecular complexity index is 4520. The number of H-pyrrole nitrogens is 1. The van der Waals surface area contributed by atoms with Crippen molar-refractivity contribution in [3.8, 4) is 5.75 Å². The second-order valence-corrected chi connectivity index (χ2v) is 36.4. The number of nitrogens with zero attached hydrogens (tertiary/aromatic N) is 2. The number of hydrogen-bond acceptors (Lipinski definition) is 26. The molecular formula is C83H124N22O17S4. The molecule has 692 valence electrons. The lowest BCUT2D eigenvalue weighted by Gasteiger charge is -2.30. The molecule has 0 spiro atoms. The minimum absolute atomic E-state index is 0.00509. The molecule has 5 aromatic rings. The highest BCUT2D eigenvalue weighted by molar-refractivity contribution is 8.76. The van der Waals surface area contributed by atoms with Crippen LogP contribution in [0.4, 0.5) is 4.79 Å². The van der Waals surface area contributed by atoms with Crippen LogP contribution in [0.25, 0.3) is 21.1 Å². The molecule has 39 nitrogen and oxygen atoms in total. The van der Waals surface area contributed by atoms with Gasteiger partial charge in [-0.05, 0) is 151 Å². The quantitative estimate of drug-likeness (QED) is 0.00662. The van der Waals surface area contributed by atoms with Gasteiger partial charge in [0.25, 0.3) is 0 Å². The first-order valence-electron chi connectivity index (χ1n) is 42.1. The zero-order valence-electron chi connectivity index (χ0n) is 72.1. The normalized spacial score (nSPS) is 15.1. The van der Waals surface area contributed by atoms with Gasteiger partial charge in [-0.2, -0.15) is 0 Å². The number of aliphatic hydroxyl groups is 1. The van der Waals surface area contributed by atoms with Crippen molar-refractivity contribution < 1.29 is 82.0 Å². The number of rotatable bonds is 57. The number of fused-ring (bicyclic) bond motifs is 2. The van der Waals surface area contributed by atoms with E-state index in [1.807, 2.05) is 26.0 Å². The van der Waals surface area contributed by atoms with E-state index in [0.717, 1.165) is 5.56 Å². The van der Waals surface area contributed by atoms with Crippen molar-refractivity contribution in [1.29, 1.82) is 10.8 Å². The highest BCUT2D eigenvalue weighted by Crippen LogP contribution is 2.33. The van der Waals surface area contributed by atoms with Crippen molar-refractivity contribution in [3.05, 3.63) is 95.1 Å². The number of carboxylic acids is 1. The molecule has 2 aromatic heterocycles. The standard InChI is InChI=1S/C83H124N22O17S4/c1-45(2)38-60(74(114)98-59(68(86)108)40-49-20-9-8-10-21-49)99-70(110)56(25-14-16-32-85)96-75(115)62(41-50-43-93-53-23-12-11-22-52(50)53)100-71(111)57(26-17-33-91-81(87)88)94-69(109)55(24-13-15-31-84)95-73(113)61(39-46(3)4)101-76(116)66(47(5)6)105-72(112)58(27-18-34-92-82(89)90)97-77(117)67(48(7)106)104-65(107)30-37-125-124-36-19-35-121-83(120)122-51-28-29-54-64(42-51)126-79(102-54)78-103-63(44-123-78)80(118)119/h8-12,20-23,28-29,42-43,45-48,55-63,66-67,93,106H,13-19,24-27,30-41,44,84-85H2,1-7H3,(H2,86,108)(H,94,109)(H,95,113)(H,96,115)(H,97,117)(H,98,114)(H,99,110)(H,100,111)(H,101,116)(H,104,107)(H,105,112)(H,118,119)(H4,87,88,91)(H4,89,90,92). The first kappa shape index (κ1) is 104. The number of aliphatic carboxylic acids is 1. The number of guanidine groups is 2. The number of thiazole rings is 1. The van der Waals surface area contributed by atoms with E-state index in [2.05, 4.69) is 78.8 Å². The van der Waals surface area contributed by atoms with Crippen molar-refractivity contribution in [1.82, 2.24) is 73.8 Å². The molecule has 0 aliphatic carbocycles. The summed E-state index contributed by atoms with van der Waals surface area (Å²) in [6, 6.07) is 6.37. The van der Waals surface area contributed by atoms with E-state index in [1.54, 1.807) is 94.6 Å². The largest absolute Gasteiger partial charge is 0.513 e. The molecule has 0 fully saturated rings. The Hall–Kier alpha value is -10.9. The van der Waals surface area contributed by atoms with E-state index in [9.17, 15) is 58.2 Å². The number of thioether (sulfide) groups is 1. The van der Waals surface area contributed by atoms with E-state index >= 15 is 14.4 Å². The molecule has 12 unspecified atom stereocenters. The molecule has 0 saturated heterocycles. The summed E-state index contributed by atoms with van der Waals surface area (Å²) < 4.78 is 11.3. The number of aromatic nitrogens is 2. The van der Waals surface area contributed by atoms with E-state index in [4.69, 9.17) is 49.0 Å². The Kier molecular flexibility index (Phi) is 44.7. The summed E-state index contributed by atoms with van der Waals surface area (Å²) >= 11 is 2.59. The van der Waals surface area contributed by atoms with Gasteiger partial charge in [0, 0.05) is 72.8 Å². The number of para-hydroxylation sites is 1. The van der Waals surface area contributed by atoms with Gasteiger partial charge in [-0.25, -0.2) is 14.6 Å². The lowest BCUT2D eigenvalue weighted by molar-refractivity contribution is -0.138. The van der Waals surface area contributed by atoms with E-state index < -0.39 is 156 Å². The number of unbranched alkanes of at least 4 members (excludes halogenated alkanes) is 2. The van der Waals surface area contributed by atoms with Crippen molar-refractivity contribution in [2.75, 3.05) is 50.0 Å². The van der Waals surface area contributed by atoms with Gasteiger partial charge in [0.2, 0.25) is 65.0 Å². The van der Waals surface area contributed by atoms with Crippen LogP contribution in [0.15, 0.2) is 84.0 Å². The molecule has 27 N–H and O–H groups in total. The molecule has 0 saturated carbocycles. The average Bonchev–Trinajstić information content (AvgIpc) is 1.66. The summed E-state index contributed by atoms with van der Waals surface area (Å²) in [4.78, 5) is 194. The highest BCUT2D eigenvalue weighted by atomic mass is 33.1. The number of ether oxygens (including phenoxy) is 2. The second-order valence-electron chi connectivity index (χ2n) is 31.7. The molecule has 11 amide bonds. The number of amides is 11. The summed E-state index contributed by atoms with van der Waals surface area (Å²) in [5.41, 5.74) is 31.5. The van der Waals surface area contributed by atoms with Gasteiger partial charge < -0.3 is 117 Å². The van der Waals surface area contributed by atoms with Crippen LogP contribution in [0, 0.1) is 28.6 Å². The molecular weight excluding hydrogens is 1710 g/mol. The monoisotopic (exact) mass is 1830 g/mol. The number of aromatic amines is 1. The Morgan fingerprint density at radius 2 is 1.05 bits per heavy atom. The third-order valence-corrected chi connectivity index (χ3v) is 24.5. The molecule has 43 heteroatoms. The Morgan fingerprint density at radius 1 is 0.556 bits per heavy atom. The number of aliphatic imine (C=N–C) groups is 1. The Morgan fingerprint density at radius 3 is 1.58 bits per heavy atom. The lowest BCUT2D eigenvalue weighted by atomic mass is 9.98. The fourth-order valence-electron chi connectivity index (χ4n) is 13.3. The number of benzene rings is 3. The maximum absolute atomic E-state index is 15.2. The number of nitrogens with one attached hydrogen (secondary N) is 15. The molecule has 3 aromatic carbocycles. The number of primary amides is 1. The maximum atomic E-state index is 15.2.